The van der Waals surface area contributed by atoms with Gasteiger partial charge in [-0.2, -0.15) is 4.98 Å². The van der Waals surface area contributed by atoms with E-state index in [1.807, 2.05) is 23.1 Å². The van der Waals surface area contributed by atoms with Crippen molar-refractivity contribution in [3.05, 3.63) is 47.6 Å². The van der Waals surface area contributed by atoms with Gasteiger partial charge < -0.3 is 14.3 Å². The molecule has 0 radical (unpaired) electrons. The maximum absolute atomic E-state index is 12.7. The number of carbonyl (C=O) groups excluding carboxylic acids is 1. The van der Waals surface area contributed by atoms with E-state index in [4.69, 9.17) is 4.52 Å². The van der Waals surface area contributed by atoms with E-state index in [9.17, 15) is 4.79 Å². The van der Waals surface area contributed by atoms with Gasteiger partial charge in [-0.25, -0.2) is 0 Å². The van der Waals surface area contributed by atoms with E-state index in [-0.39, 0.29) is 11.9 Å². The highest BCUT2D eigenvalue weighted by molar-refractivity contribution is 5.77. The van der Waals surface area contributed by atoms with Crippen molar-refractivity contribution in [3.8, 4) is 0 Å². The van der Waals surface area contributed by atoms with Crippen LogP contribution in [0.1, 0.15) is 36.2 Å². The molecule has 0 aliphatic carbocycles. The molecule has 1 aliphatic rings. The lowest BCUT2D eigenvalue weighted by atomic mass is 10.0. The van der Waals surface area contributed by atoms with E-state index in [0.717, 1.165) is 26.1 Å². The Kier molecular flexibility index (Phi) is 5.25. The van der Waals surface area contributed by atoms with Gasteiger partial charge in [0.05, 0.1) is 6.04 Å². The second-order valence-electron chi connectivity index (χ2n) is 6.36. The summed E-state index contributed by atoms with van der Waals surface area (Å²) in [6.45, 7) is 4.36. The van der Waals surface area contributed by atoms with Crippen molar-refractivity contribution in [1.82, 2.24) is 19.9 Å². The third kappa shape index (κ3) is 4.00. The molecule has 1 aliphatic heterocycles. The standard InChI is InChI=1S/C18H24N4O2/c1-14-19-17(24-20-14)9-6-10-18(23)22-12-11-21(2)13-16(22)15-7-4-3-5-8-15/h3-5,7-8,16H,6,9-13H2,1-2H3/t16-/m0/s1. The lowest BCUT2D eigenvalue weighted by Crippen LogP contribution is -2.49. The number of hydrogen-bond acceptors (Lipinski definition) is 5. The summed E-state index contributed by atoms with van der Waals surface area (Å²) in [6.07, 6.45) is 1.89. The summed E-state index contributed by atoms with van der Waals surface area (Å²) in [6, 6.07) is 10.4. The number of nitrogens with zero attached hydrogens (tertiary/aromatic N) is 4. The molecule has 0 bridgehead atoms. The van der Waals surface area contributed by atoms with Gasteiger partial charge in [-0.1, -0.05) is 35.5 Å². The quantitative estimate of drug-likeness (QED) is 0.842. The first-order chi connectivity index (χ1) is 11.6. The molecule has 2 aromatic rings. The van der Waals surface area contributed by atoms with Crippen molar-refractivity contribution < 1.29 is 9.32 Å². The first-order valence-electron chi connectivity index (χ1n) is 8.45. The fourth-order valence-corrected chi connectivity index (χ4v) is 3.15. The molecule has 1 amide bonds. The molecule has 1 saturated heterocycles. The minimum atomic E-state index is 0.128. The zero-order chi connectivity index (χ0) is 16.9. The normalized spacial score (nSPS) is 18.8. The van der Waals surface area contributed by atoms with Gasteiger partial charge in [-0.05, 0) is 26.0 Å². The number of piperazine rings is 1. The zero-order valence-corrected chi connectivity index (χ0v) is 14.3. The molecule has 3 rings (SSSR count). The second kappa shape index (κ2) is 7.57. The molecule has 2 heterocycles. The Balaban J connectivity index is 1.61. The predicted octanol–water partition coefficient (Wildman–Crippen LogP) is 2.22. The summed E-state index contributed by atoms with van der Waals surface area (Å²) in [5, 5.41) is 3.78. The average molecular weight is 328 g/mol. The summed E-state index contributed by atoms with van der Waals surface area (Å²) in [4.78, 5) is 21.2. The molecule has 24 heavy (non-hydrogen) atoms. The Hall–Kier alpha value is -2.21. The fourth-order valence-electron chi connectivity index (χ4n) is 3.15. The van der Waals surface area contributed by atoms with Crippen LogP contribution < -0.4 is 0 Å². The maximum Gasteiger partial charge on any atom is 0.226 e. The third-order valence-corrected chi connectivity index (χ3v) is 4.44. The topological polar surface area (TPSA) is 62.5 Å². The summed E-state index contributed by atoms with van der Waals surface area (Å²) < 4.78 is 5.10. The van der Waals surface area contributed by atoms with Crippen molar-refractivity contribution in [2.24, 2.45) is 0 Å². The van der Waals surface area contributed by atoms with Gasteiger partial charge in [0.2, 0.25) is 11.8 Å². The minimum Gasteiger partial charge on any atom is -0.339 e. The molecule has 128 valence electrons. The number of benzene rings is 1. The highest BCUT2D eigenvalue weighted by Crippen LogP contribution is 2.25. The minimum absolute atomic E-state index is 0.128. The van der Waals surface area contributed by atoms with Gasteiger partial charge in [0, 0.05) is 32.5 Å². The third-order valence-electron chi connectivity index (χ3n) is 4.44. The molecule has 6 heteroatoms. The van der Waals surface area contributed by atoms with Crippen LogP contribution in [0.25, 0.3) is 0 Å². The molecular weight excluding hydrogens is 304 g/mol. The summed E-state index contributed by atoms with van der Waals surface area (Å²) in [5.41, 5.74) is 1.20. The van der Waals surface area contributed by atoms with Crippen LogP contribution in [0.15, 0.2) is 34.9 Å². The largest absolute Gasteiger partial charge is 0.339 e. The van der Waals surface area contributed by atoms with Crippen molar-refractivity contribution in [1.29, 1.82) is 0 Å². The molecule has 6 nitrogen and oxygen atoms in total. The molecular formula is C18H24N4O2. The number of likely N-dealkylation sites (N-methyl/N-ethyl adjacent to an activating group) is 1. The van der Waals surface area contributed by atoms with E-state index >= 15 is 0 Å². The van der Waals surface area contributed by atoms with Crippen LogP contribution in [0, 0.1) is 6.92 Å². The molecule has 1 atom stereocenters. The van der Waals surface area contributed by atoms with Crippen molar-refractivity contribution >= 4 is 5.91 Å². The Bertz CT molecular complexity index is 671. The Morgan fingerprint density at radius 1 is 1.29 bits per heavy atom. The van der Waals surface area contributed by atoms with Gasteiger partial charge >= 0.3 is 0 Å². The lowest BCUT2D eigenvalue weighted by molar-refractivity contribution is -0.136. The van der Waals surface area contributed by atoms with Crippen molar-refractivity contribution in [2.45, 2.75) is 32.2 Å². The molecule has 0 N–H and O–H groups in total. The summed E-state index contributed by atoms with van der Waals surface area (Å²) in [7, 11) is 2.11. The van der Waals surface area contributed by atoms with Crippen molar-refractivity contribution in [2.75, 3.05) is 26.7 Å². The highest BCUT2D eigenvalue weighted by Gasteiger charge is 2.29. The van der Waals surface area contributed by atoms with Crippen molar-refractivity contribution in [3.63, 3.8) is 0 Å². The monoisotopic (exact) mass is 328 g/mol. The van der Waals surface area contributed by atoms with Crippen LogP contribution in [0.2, 0.25) is 0 Å². The van der Waals surface area contributed by atoms with Crippen LogP contribution >= 0.6 is 0 Å². The van der Waals surface area contributed by atoms with Crippen LogP contribution in [-0.2, 0) is 11.2 Å². The Labute approximate surface area is 142 Å². The van der Waals surface area contributed by atoms with Gasteiger partial charge in [0.25, 0.3) is 0 Å². The molecule has 0 unspecified atom stereocenters. The number of aryl methyl sites for hydroxylation is 2. The number of rotatable bonds is 5. The molecule has 1 fully saturated rings. The first-order valence-corrected chi connectivity index (χ1v) is 8.45. The van der Waals surface area contributed by atoms with Gasteiger partial charge in [0.1, 0.15) is 0 Å². The van der Waals surface area contributed by atoms with Crippen LogP contribution in [0.3, 0.4) is 0 Å². The van der Waals surface area contributed by atoms with E-state index in [2.05, 4.69) is 34.2 Å². The van der Waals surface area contributed by atoms with E-state index in [1.54, 1.807) is 6.92 Å². The number of carbonyl (C=O) groups is 1. The summed E-state index contributed by atoms with van der Waals surface area (Å²) in [5.74, 6) is 1.45. The fraction of sp³-hybridized carbons (Fsp3) is 0.500. The highest BCUT2D eigenvalue weighted by atomic mass is 16.5. The molecule has 0 saturated carbocycles. The van der Waals surface area contributed by atoms with Crippen LogP contribution in [-0.4, -0.2) is 52.5 Å². The average Bonchev–Trinajstić information content (AvgIpc) is 3.01. The molecule has 0 spiro atoms. The summed E-state index contributed by atoms with van der Waals surface area (Å²) >= 11 is 0. The Morgan fingerprint density at radius 2 is 2.08 bits per heavy atom. The molecule has 1 aromatic heterocycles. The molecule has 1 aromatic carbocycles. The first kappa shape index (κ1) is 16.6. The second-order valence-corrected chi connectivity index (χ2v) is 6.36. The van der Waals surface area contributed by atoms with Crippen LogP contribution in [0.4, 0.5) is 0 Å². The number of aromatic nitrogens is 2. The van der Waals surface area contributed by atoms with Gasteiger partial charge in [-0.15, -0.1) is 0 Å². The lowest BCUT2D eigenvalue weighted by Gasteiger charge is -2.40. The van der Waals surface area contributed by atoms with E-state index in [1.165, 1.54) is 5.56 Å². The SMILES string of the molecule is Cc1noc(CCCC(=O)N2CCN(C)C[C@H]2c2ccccc2)n1. The zero-order valence-electron chi connectivity index (χ0n) is 14.3. The number of amides is 1. The van der Waals surface area contributed by atoms with E-state index in [0.29, 0.717) is 24.6 Å². The van der Waals surface area contributed by atoms with Gasteiger partial charge in [0.15, 0.2) is 5.82 Å². The Morgan fingerprint density at radius 3 is 2.79 bits per heavy atom. The number of hydrogen-bond donors (Lipinski definition) is 0. The predicted molar refractivity (Wildman–Crippen MR) is 90.4 cm³/mol. The smallest absolute Gasteiger partial charge is 0.226 e. The maximum atomic E-state index is 12.7. The van der Waals surface area contributed by atoms with E-state index < -0.39 is 0 Å². The van der Waals surface area contributed by atoms with Crippen LogP contribution in [0.5, 0.6) is 0 Å². The van der Waals surface area contributed by atoms with Gasteiger partial charge in [-0.3, -0.25) is 4.79 Å².